The fraction of sp³-hybridized carbons (Fsp3) is 0.161. The number of carbonyl (C=O) groups excluding carboxylic acids is 1. The number of aryl methyl sites for hydroxylation is 1. The number of ether oxygens (including phenoxy) is 1. The number of pyridine rings is 1. The molecule has 0 saturated heterocycles. The van der Waals surface area contributed by atoms with Gasteiger partial charge in [-0.05, 0) is 42.6 Å². The van der Waals surface area contributed by atoms with E-state index in [9.17, 15) is 14.3 Å². The lowest BCUT2D eigenvalue weighted by Crippen LogP contribution is -2.24. The molecule has 5 rings (SSSR count). The molecule has 1 aromatic carbocycles. The number of rotatable bonds is 11. The van der Waals surface area contributed by atoms with Crippen LogP contribution < -0.4 is 5.32 Å². The third-order valence-electron chi connectivity index (χ3n) is 6.80. The van der Waals surface area contributed by atoms with Gasteiger partial charge in [-0.1, -0.05) is 19.2 Å². The Morgan fingerprint density at radius 2 is 2.12 bits per heavy atom. The number of carbonyl (C=O) groups is 1. The van der Waals surface area contributed by atoms with Crippen molar-refractivity contribution in [3.8, 4) is 22.6 Å². The van der Waals surface area contributed by atoms with E-state index < -0.39 is 11.9 Å². The molecule has 0 aliphatic carbocycles. The predicted octanol–water partition coefficient (Wildman–Crippen LogP) is 6.29. The van der Waals surface area contributed by atoms with Crippen molar-refractivity contribution in [3.05, 3.63) is 96.5 Å². The molecular weight excluding hydrogens is 574 g/mol. The van der Waals surface area contributed by atoms with Gasteiger partial charge in [0.25, 0.3) is 0 Å². The number of hydrogen-bond donors (Lipinski definition) is 3. The minimum absolute atomic E-state index is 0.0838. The van der Waals surface area contributed by atoms with Gasteiger partial charge in [0.2, 0.25) is 5.91 Å². The van der Waals surface area contributed by atoms with E-state index in [2.05, 4.69) is 33.7 Å². The topological polar surface area (TPSA) is 118 Å². The zero-order valence-electron chi connectivity index (χ0n) is 23.4. The van der Waals surface area contributed by atoms with Gasteiger partial charge in [0.05, 0.1) is 53.3 Å². The zero-order chi connectivity index (χ0) is 30.7. The number of amides is 1. The molecule has 0 unspecified atom stereocenters. The fourth-order valence-corrected chi connectivity index (χ4v) is 5.70. The van der Waals surface area contributed by atoms with Gasteiger partial charge in [-0.25, -0.2) is 18.7 Å². The van der Waals surface area contributed by atoms with Crippen molar-refractivity contribution in [3.63, 3.8) is 0 Å². The molecule has 0 aliphatic heterocycles. The lowest BCUT2D eigenvalue weighted by Gasteiger charge is -2.18. The third-order valence-corrected chi connectivity index (χ3v) is 7.73. The van der Waals surface area contributed by atoms with Crippen LogP contribution in [-0.4, -0.2) is 49.0 Å². The molecule has 43 heavy (non-hydrogen) atoms. The molecule has 4 heterocycles. The average molecular weight is 603 g/mol. The van der Waals surface area contributed by atoms with Gasteiger partial charge < -0.3 is 19.7 Å². The molecule has 0 saturated carbocycles. The van der Waals surface area contributed by atoms with E-state index in [1.165, 1.54) is 17.4 Å². The summed E-state index contributed by atoms with van der Waals surface area (Å²) in [5.41, 5.74) is 4.40. The second-order valence-corrected chi connectivity index (χ2v) is 10.5. The first-order valence-corrected chi connectivity index (χ1v) is 14.1. The largest absolute Gasteiger partial charge is 0.491 e. The van der Waals surface area contributed by atoms with Gasteiger partial charge in [0, 0.05) is 34.3 Å². The van der Waals surface area contributed by atoms with Crippen LogP contribution in [0.4, 0.5) is 8.78 Å². The Hall–Kier alpha value is -4.94. The Morgan fingerprint density at radius 1 is 1.30 bits per heavy atom. The lowest BCUT2D eigenvalue weighted by molar-refractivity contribution is -0.117. The number of hydrogen-bond acceptors (Lipinski definition) is 7. The van der Waals surface area contributed by atoms with Crippen LogP contribution in [-0.2, 0) is 16.6 Å². The maximum atomic E-state index is 15.7. The van der Waals surface area contributed by atoms with Crippen molar-refractivity contribution >= 4 is 43.9 Å². The van der Waals surface area contributed by atoms with Crippen LogP contribution in [0.25, 0.3) is 49.3 Å². The Labute approximate surface area is 249 Å². The molecule has 220 valence electrons. The standard InChI is InChI=1S/C31H28F2N6O3S/c1-5-26(41)35-17(2)22-15-24(38-37-22)30-28(27(21(33)8-10-32)18(3)42-12-11-40)31-20(9-13-43-31)29(36-30)19-6-7-25-23(14-19)34-16-39(25)4/h5-10,13-17,40H,1,3,11-12H2,2,4H3,(H,35,41)(H,37,38)/b10-8+,27-21-/t17-/m0/s1. The van der Waals surface area contributed by atoms with Crippen LogP contribution >= 0.6 is 11.3 Å². The summed E-state index contributed by atoms with van der Waals surface area (Å²) in [5, 5.41) is 22.1. The van der Waals surface area contributed by atoms with Gasteiger partial charge in [0.15, 0.2) is 0 Å². The van der Waals surface area contributed by atoms with Gasteiger partial charge in [-0.3, -0.25) is 9.89 Å². The van der Waals surface area contributed by atoms with Crippen molar-refractivity contribution < 1.29 is 23.4 Å². The molecule has 1 amide bonds. The maximum absolute atomic E-state index is 15.7. The van der Waals surface area contributed by atoms with Crippen LogP contribution in [0.3, 0.4) is 0 Å². The van der Waals surface area contributed by atoms with E-state index >= 15 is 4.39 Å². The number of aromatic amines is 1. The number of aromatic nitrogens is 5. The molecule has 12 heteroatoms. The summed E-state index contributed by atoms with van der Waals surface area (Å²) in [6.45, 7) is 8.65. The highest BCUT2D eigenvalue weighted by Crippen LogP contribution is 2.44. The second kappa shape index (κ2) is 12.5. The van der Waals surface area contributed by atoms with Crippen LogP contribution in [0.1, 0.15) is 24.2 Å². The van der Waals surface area contributed by atoms with E-state index in [0.29, 0.717) is 33.2 Å². The summed E-state index contributed by atoms with van der Waals surface area (Å²) < 4.78 is 37.1. The Morgan fingerprint density at radius 3 is 2.86 bits per heavy atom. The Kier molecular flexibility index (Phi) is 8.60. The molecule has 4 aromatic heterocycles. The van der Waals surface area contributed by atoms with Crippen LogP contribution in [0.2, 0.25) is 0 Å². The number of aliphatic hydroxyl groups is 1. The minimum atomic E-state index is -0.951. The van der Waals surface area contributed by atoms with Gasteiger partial charge in [0.1, 0.15) is 29.6 Å². The molecule has 9 nitrogen and oxygen atoms in total. The summed E-state index contributed by atoms with van der Waals surface area (Å²) in [6, 6.07) is 8.91. The SMILES string of the molecule is C=CC(=O)N[C@@H](C)c1cc(-c2nc(-c3ccc4c(c3)ncn4C)c3ccsc3c2/C(C(=C)OCCO)=C(F)/C=C/F)n[nH]1. The van der Waals surface area contributed by atoms with Gasteiger partial charge >= 0.3 is 0 Å². The molecule has 1 atom stereocenters. The lowest BCUT2D eigenvalue weighted by atomic mass is 9.95. The molecule has 0 aliphatic rings. The van der Waals surface area contributed by atoms with Crippen molar-refractivity contribution in [1.82, 2.24) is 30.0 Å². The summed E-state index contributed by atoms with van der Waals surface area (Å²) in [4.78, 5) is 21.4. The predicted molar refractivity (Wildman–Crippen MR) is 164 cm³/mol. The first kappa shape index (κ1) is 29.5. The van der Waals surface area contributed by atoms with Crippen molar-refractivity contribution in [1.29, 1.82) is 0 Å². The smallest absolute Gasteiger partial charge is 0.243 e. The summed E-state index contributed by atoms with van der Waals surface area (Å²) in [5.74, 6) is -1.43. The number of nitrogens with zero attached hydrogens (tertiary/aromatic N) is 4. The Balaban J connectivity index is 1.80. The highest BCUT2D eigenvalue weighted by atomic mass is 32.1. The van der Waals surface area contributed by atoms with E-state index in [0.717, 1.165) is 16.6 Å². The van der Waals surface area contributed by atoms with Crippen LogP contribution in [0.15, 0.2) is 85.3 Å². The number of aliphatic hydroxyl groups excluding tert-OH is 1. The monoisotopic (exact) mass is 602 g/mol. The minimum Gasteiger partial charge on any atom is -0.491 e. The zero-order valence-corrected chi connectivity index (χ0v) is 24.2. The number of halogens is 2. The number of nitrogens with one attached hydrogen (secondary N) is 2. The van der Waals surface area contributed by atoms with E-state index in [1.807, 2.05) is 41.3 Å². The summed E-state index contributed by atoms with van der Waals surface area (Å²) >= 11 is 1.34. The van der Waals surface area contributed by atoms with Gasteiger partial charge in [-0.15, -0.1) is 11.3 Å². The number of benzene rings is 1. The molecule has 5 aromatic rings. The number of H-pyrrole nitrogens is 1. The summed E-state index contributed by atoms with van der Waals surface area (Å²) in [7, 11) is 1.91. The molecule has 3 N–H and O–H groups in total. The summed E-state index contributed by atoms with van der Waals surface area (Å²) in [6.07, 6.45) is 3.64. The number of fused-ring (bicyclic) bond motifs is 2. The highest BCUT2D eigenvalue weighted by Gasteiger charge is 2.27. The van der Waals surface area contributed by atoms with Crippen molar-refractivity contribution in [2.45, 2.75) is 13.0 Å². The normalized spacial score (nSPS) is 13.0. The van der Waals surface area contributed by atoms with Gasteiger partial charge in [-0.2, -0.15) is 5.10 Å². The highest BCUT2D eigenvalue weighted by molar-refractivity contribution is 7.17. The fourth-order valence-electron chi connectivity index (χ4n) is 4.75. The second-order valence-electron chi connectivity index (χ2n) is 9.56. The number of allylic oxidation sites excluding steroid dienone is 3. The van der Waals surface area contributed by atoms with Crippen LogP contribution in [0, 0.1) is 0 Å². The molecule has 0 bridgehead atoms. The first-order chi connectivity index (χ1) is 20.8. The molecular formula is C31H28F2N6O3S. The quantitative estimate of drug-likeness (QED) is 0.0929. The molecule has 0 fully saturated rings. The van der Waals surface area contributed by atoms with Crippen LogP contribution in [0.5, 0.6) is 0 Å². The number of imidazole rings is 1. The number of thiophene rings is 1. The first-order valence-electron chi connectivity index (χ1n) is 13.2. The molecule has 0 radical (unpaired) electrons. The van der Waals surface area contributed by atoms with E-state index in [4.69, 9.17) is 9.72 Å². The molecule has 0 spiro atoms. The maximum Gasteiger partial charge on any atom is 0.243 e. The Bertz CT molecular complexity index is 1920. The van der Waals surface area contributed by atoms with E-state index in [-0.39, 0.29) is 48.0 Å². The van der Waals surface area contributed by atoms with Crippen molar-refractivity contribution in [2.75, 3.05) is 13.2 Å². The van der Waals surface area contributed by atoms with Crippen molar-refractivity contribution in [2.24, 2.45) is 7.05 Å². The average Bonchev–Trinajstić information content (AvgIpc) is 3.76. The third kappa shape index (κ3) is 5.74. The van der Waals surface area contributed by atoms with E-state index in [1.54, 1.807) is 19.3 Å².